The molecule has 0 aliphatic carbocycles. The number of hydrogen-bond acceptors (Lipinski definition) is 4. The Morgan fingerprint density at radius 1 is 1.03 bits per heavy atom. The summed E-state index contributed by atoms with van der Waals surface area (Å²) in [6, 6.07) is 21.2. The van der Waals surface area contributed by atoms with E-state index in [1.165, 1.54) is 0 Å². The van der Waals surface area contributed by atoms with Crippen molar-refractivity contribution in [2.75, 3.05) is 14.2 Å². The van der Waals surface area contributed by atoms with Gasteiger partial charge in [-0.25, -0.2) is 4.98 Å². The van der Waals surface area contributed by atoms with Crippen LogP contribution >= 0.6 is 15.9 Å². The van der Waals surface area contributed by atoms with Gasteiger partial charge in [-0.1, -0.05) is 58.4 Å². The molecule has 7 heteroatoms. The van der Waals surface area contributed by atoms with Crippen molar-refractivity contribution in [2.24, 2.45) is 0 Å². The summed E-state index contributed by atoms with van der Waals surface area (Å²) in [6.45, 7) is 0. The third-order valence-electron chi connectivity index (χ3n) is 5.26. The Morgan fingerprint density at radius 2 is 1.72 bits per heavy atom. The number of carbonyl (C=O) groups is 1. The highest BCUT2D eigenvalue weighted by molar-refractivity contribution is 9.10. The lowest BCUT2D eigenvalue weighted by Crippen LogP contribution is -2.32. The summed E-state index contributed by atoms with van der Waals surface area (Å²) in [5.41, 5.74) is 3.74. The van der Waals surface area contributed by atoms with E-state index in [1.54, 1.807) is 14.2 Å². The van der Waals surface area contributed by atoms with E-state index in [0.717, 1.165) is 32.5 Å². The lowest BCUT2D eigenvalue weighted by Gasteiger charge is -2.18. The van der Waals surface area contributed by atoms with E-state index >= 15 is 0 Å². The highest BCUT2D eigenvalue weighted by Gasteiger charge is 2.20. The fraction of sp³-hybridized carbons (Fsp3) is 0.200. The number of carbonyl (C=O) groups excluding carboxylic acids is 1. The Kier molecular flexibility index (Phi) is 6.75. The average Bonchev–Trinajstić information content (AvgIpc) is 3.24. The molecule has 0 saturated carbocycles. The first-order valence-corrected chi connectivity index (χ1v) is 11.0. The zero-order chi connectivity index (χ0) is 22.5. The fourth-order valence-electron chi connectivity index (χ4n) is 3.65. The number of aromatic nitrogens is 2. The molecule has 0 spiro atoms. The molecular weight excluding hydrogens is 470 g/mol. The molecule has 0 bridgehead atoms. The topological polar surface area (TPSA) is 76.2 Å². The minimum atomic E-state index is -0.295. The Bertz CT molecular complexity index is 1190. The Morgan fingerprint density at radius 3 is 2.44 bits per heavy atom. The van der Waals surface area contributed by atoms with Crippen LogP contribution in [0.1, 0.15) is 23.0 Å². The van der Waals surface area contributed by atoms with E-state index in [4.69, 9.17) is 14.5 Å². The number of para-hydroxylation sites is 2. The van der Waals surface area contributed by atoms with Gasteiger partial charge in [-0.3, -0.25) is 4.79 Å². The molecule has 0 unspecified atom stereocenters. The minimum absolute atomic E-state index is 0.112. The van der Waals surface area contributed by atoms with Gasteiger partial charge in [0.1, 0.15) is 5.82 Å². The third kappa shape index (κ3) is 4.94. The molecule has 0 aliphatic heterocycles. The molecular formula is C25H24BrN3O3. The molecule has 4 rings (SSSR count). The van der Waals surface area contributed by atoms with Crippen LogP contribution in [0.25, 0.3) is 11.0 Å². The van der Waals surface area contributed by atoms with Gasteiger partial charge in [0.15, 0.2) is 11.5 Å². The maximum atomic E-state index is 13.1. The van der Waals surface area contributed by atoms with Gasteiger partial charge in [-0.2, -0.15) is 0 Å². The van der Waals surface area contributed by atoms with Crippen molar-refractivity contribution in [1.29, 1.82) is 0 Å². The summed E-state index contributed by atoms with van der Waals surface area (Å²) in [5, 5.41) is 3.16. The molecule has 1 atom stereocenters. The van der Waals surface area contributed by atoms with Gasteiger partial charge >= 0.3 is 0 Å². The van der Waals surface area contributed by atoms with Crippen LogP contribution in [0.4, 0.5) is 0 Å². The van der Waals surface area contributed by atoms with E-state index in [-0.39, 0.29) is 18.4 Å². The molecule has 1 amide bonds. The Balaban J connectivity index is 1.58. The molecule has 0 saturated heterocycles. The number of benzene rings is 3. The normalized spacial score (nSPS) is 11.8. The van der Waals surface area contributed by atoms with Crippen molar-refractivity contribution in [3.05, 3.63) is 88.2 Å². The van der Waals surface area contributed by atoms with Crippen LogP contribution in [0, 0.1) is 0 Å². The molecule has 6 nitrogen and oxygen atoms in total. The van der Waals surface area contributed by atoms with E-state index in [2.05, 4.69) is 26.2 Å². The zero-order valence-corrected chi connectivity index (χ0v) is 19.5. The summed E-state index contributed by atoms with van der Waals surface area (Å²) in [5.74, 6) is 1.80. The second-order valence-corrected chi connectivity index (χ2v) is 8.28. The van der Waals surface area contributed by atoms with Crippen LogP contribution in [-0.4, -0.2) is 30.1 Å². The maximum Gasteiger partial charge on any atom is 0.225 e. The molecule has 32 heavy (non-hydrogen) atoms. The predicted molar refractivity (Wildman–Crippen MR) is 128 cm³/mol. The second kappa shape index (κ2) is 9.87. The number of methoxy groups -OCH3 is 2. The summed E-state index contributed by atoms with van der Waals surface area (Å²) in [7, 11) is 3.16. The number of ether oxygens (including phenoxy) is 2. The lowest BCUT2D eigenvalue weighted by molar-refractivity contribution is -0.121. The standard InChI is InChI=1S/C25H24BrN3O3/c1-31-22-13-17(18(26)15-23(22)32-2)14-24(30)27-21(12-16-8-4-3-5-9-16)25-28-19-10-6-7-11-20(19)29-25/h3-11,13,15,21H,12,14H2,1-2H3,(H,27,30)(H,28,29)/t21-/m0/s1. The number of H-pyrrole nitrogens is 1. The number of nitrogens with zero attached hydrogens (tertiary/aromatic N) is 1. The van der Waals surface area contributed by atoms with Crippen molar-refractivity contribution in [2.45, 2.75) is 18.9 Å². The van der Waals surface area contributed by atoms with Gasteiger partial charge in [-0.05, 0) is 41.8 Å². The molecule has 4 aromatic rings. The molecule has 0 radical (unpaired) electrons. The number of hydrogen-bond donors (Lipinski definition) is 2. The zero-order valence-electron chi connectivity index (χ0n) is 17.9. The quantitative estimate of drug-likeness (QED) is 0.362. The molecule has 1 heterocycles. The first-order valence-electron chi connectivity index (χ1n) is 10.3. The highest BCUT2D eigenvalue weighted by atomic mass is 79.9. The van der Waals surface area contributed by atoms with Crippen LogP contribution in [0.3, 0.4) is 0 Å². The largest absolute Gasteiger partial charge is 0.493 e. The molecule has 2 N–H and O–H groups in total. The summed E-state index contributed by atoms with van der Waals surface area (Å²) < 4.78 is 11.5. The van der Waals surface area contributed by atoms with E-state index in [0.29, 0.717) is 17.9 Å². The van der Waals surface area contributed by atoms with Crippen LogP contribution < -0.4 is 14.8 Å². The van der Waals surface area contributed by atoms with Crippen LogP contribution in [-0.2, 0) is 17.6 Å². The number of imidazole rings is 1. The van der Waals surface area contributed by atoms with Crippen LogP contribution in [0.5, 0.6) is 11.5 Å². The van der Waals surface area contributed by atoms with E-state index < -0.39 is 0 Å². The van der Waals surface area contributed by atoms with Gasteiger partial charge in [0, 0.05) is 4.47 Å². The molecule has 0 fully saturated rings. The first-order chi connectivity index (χ1) is 15.6. The van der Waals surface area contributed by atoms with Gasteiger partial charge in [0.05, 0.1) is 37.7 Å². The minimum Gasteiger partial charge on any atom is -0.493 e. The van der Waals surface area contributed by atoms with Crippen molar-refractivity contribution in [3.8, 4) is 11.5 Å². The predicted octanol–water partition coefficient (Wildman–Crippen LogP) is 4.99. The van der Waals surface area contributed by atoms with Gasteiger partial charge in [-0.15, -0.1) is 0 Å². The van der Waals surface area contributed by atoms with Crippen molar-refractivity contribution < 1.29 is 14.3 Å². The Labute approximate surface area is 195 Å². The van der Waals surface area contributed by atoms with Crippen molar-refractivity contribution >= 4 is 32.9 Å². The second-order valence-electron chi connectivity index (χ2n) is 7.42. The number of halogens is 1. The van der Waals surface area contributed by atoms with Crippen LogP contribution in [0.15, 0.2) is 71.2 Å². The number of nitrogens with one attached hydrogen (secondary N) is 2. The maximum absolute atomic E-state index is 13.1. The fourth-order valence-corrected chi connectivity index (χ4v) is 4.12. The highest BCUT2D eigenvalue weighted by Crippen LogP contribution is 2.33. The third-order valence-corrected chi connectivity index (χ3v) is 6.00. The Hall–Kier alpha value is -3.32. The monoisotopic (exact) mass is 493 g/mol. The van der Waals surface area contributed by atoms with E-state index in [1.807, 2.05) is 66.7 Å². The molecule has 3 aromatic carbocycles. The summed E-state index contributed by atoms with van der Waals surface area (Å²) >= 11 is 3.53. The van der Waals surface area contributed by atoms with Crippen molar-refractivity contribution in [1.82, 2.24) is 15.3 Å². The van der Waals surface area contributed by atoms with Crippen molar-refractivity contribution in [3.63, 3.8) is 0 Å². The average molecular weight is 494 g/mol. The number of fused-ring (bicyclic) bond motifs is 1. The SMILES string of the molecule is COc1cc(Br)c(CC(=O)N[C@@H](Cc2ccccc2)c2nc3ccccc3[nH]2)cc1OC. The van der Waals surface area contributed by atoms with Gasteiger partial charge in [0.25, 0.3) is 0 Å². The lowest BCUT2D eigenvalue weighted by atomic mass is 10.0. The van der Waals surface area contributed by atoms with E-state index in [9.17, 15) is 4.79 Å². The summed E-state index contributed by atoms with van der Waals surface area (Å²) in [4.78, 5) is 21.1. The molecule has 1 aromatic heterocycles. The molecule has 164 valence electrons. The number of amides is 1. The van der Waals surface area contributed by atoms with Crippen LogP contribution in [0.2, 0.25) is 0 Å². The smallest absolute Gasteiger partial charge is 0.225 e. The number of rotatable bonds is 8. The van der Waals surface area contributed by atoms with Gasteiger partial charge < -0.3 is 19.8 Å². The summed E-state index contributed by atoms with van der Waals surface area (Å²) in [6.07, 6.45) is 0.811. The molecule has 0 aliphatic rings. The number of aromatic amines is 1. The first kappa shape index (κ1) is 21.9. The van der Waals surface area contributed by atoms with Gasteiger partial charge in [0.2, 0.25) is 5.91 Å².